The highest BCUT2D eigenvalue weighted by atomic mass is 16.3. The van der Waals surface area contributed by atoms with E-state index < -0.39 is 0 Å². The first-order valence-electron chi connectivity index (χ1n) is 18.5. The van der Waals surface area contributed by atoms with Crippen molar-refractivity contribution in [2.75, 3.05) is 10.6 Å². The van der Waals surface area contributed by atoms with Crippen LogP contribution < -0.4 is 10.6 Å². The molecule has 2 N–H and O–H groups in total. The molecule has 256 valence electrons. The zero-order valence-electron chi connectivity index (χ0n) is 29.8. The van der Waals surface area contributed by atoms with E-state index >= 15 is 0 Å². The zero-order valence-corrected chi connectivity index (χ0v) is 29.8. The fourth-order valence-corrected chi connectivity index (χ4v) is 7.71. The summed E-state index contributed by atoms with van der Waals surface area (Å²) in [4.78, 5) is 2.36. The molecule has 3 heteroatoms. The number of hydrogen-bond acceptors (Lipinski definition) is 3. The third-order valence-electron chi connectivity index (χ3n) is 10.4. The molecule has 0 radical (unpaired) electrons. The smallest absolute Gasteiger partial charge is 0.150 e. The second kappa shape index (κ2) is 13.9. The molecular formula is C50H40N2O. The molecule has 1 aromatic heterocycles. The first kappa shape index (κ1) is 32.3. The van der Waals surface area contributed by atoms with Crippen molar-refractivity contribution in [3.63, 3.8) is 0 Å². The lowest BCUT2D eigenvalue weighted by Gasteiger charge is -2.27. The van der Waals surface area contributed by atoms with E-state index in [4.69, 9.17) is 10.2 Å². The van der Waals surface area contributed by atoms with Crippen LogP contribution in [0.25, 0.3) is 60.9 Å². The molecule has 0 amide bonds. The van der Waals surface area contributed by atoms with Crippen molar-refractivity contribution in [3.05, 3.63) is 187 Å². The Morgan fingerprint density at radius 3 is 2.13 bits per heavy atom. The van der Waals surface area contributed by atoms with Gasteiger partial charge in [-0.3, -0.25) is 0 Å². The van der Waals surface area contributed by atoms with E-state index in [9.17, 15) is 0 Å². The third-order valence-corrected chi connectivity index (χ3v) is 10.4. The van der Waals surface area contributed by atoms with Crippen LogP contribution in [-0.2, 0) is 0 Å². The van der Waals surface area contributed by atoms with Gasteiger partial charge >= 0.3 is 0 Å². The molecule has 0 aliphatic heterocycles. The quantitative estimate of drug-likeness (QED) is 0.173. The maximum Gasteiger partial charge on any atom is 0.150 e. The lowest BCUT2D eigenvalue weighted by atomic mass is 9.90. The Kier molecular flexibility index (Phi) is 8.45. The Labute approximate surface area is 310 Å². The monoisotopic (exact) mass is 684 g/mol. The number of hydrogen-bond donors (Lipinski definition) is 1. The first-order valence-corrected chi connectivity index (χ1v) is 18.5. The van der Waals surface area contributed by atoms with Gasteiger partial charge in [0.15, 0.2) is 5.76 Å². The fourth-order valence-electron chi connectivity index (χ4n) is 7.71. The first-order chi connectivity index (χ1) is 26.1. The van der Waals surface area contributed by atoms with E-state index in [1.165, 1.54) is 44.2 Å². The fraction of sp³-hybridized carbons (Fsp3) is 0.0800. The van der Waals surface area contributed by atoms with Crippen LogP contribution in [0.5, 0.6) is 0 Å². The van der Waals surface area contributed by atoms with Gasteiger partial charge < -0.3 is 15.1 Å². The van der Waals surface area contributed by atoms with Crippen LogP contribution in [0.3, 0.4) is 0 Å². The molecule has 0 atom stereocenters. The van der Waals surface area contributed by atoms with E-state index in [0.717, 1.165) is 58.1 Å². The highest BCUT2D eigenvalue weighted by Gasteiger charge is 2.19. The highest BCUT2D eigenvalue weighted by molar-refractivity contribution is 6.08. The number of nitrogen functional groups attached to an aromatic ring is 1. The Morgan fingerprint density at radius 2 is 1.34 bits per heavy atom. The Hall–Kier alpha value is -6.58. The van der Waals surface area contributed by atoms with Gasteiger partial charge in [0.05, 0.1) is 11.4 Å². The number of nitrogens with two attached hydrogens (primary N) is 1. The predicted molar refractivity (Wildman–Crippen MR) is 227 cm³/mol. The molecule has 0 fully saturated rings. The molecule has 0 bridgehead atoms. The van der Waals surface area contributed by atoms with Crippen LogP contribution >= 0.6 is 0 Å². The molecule has 0 spiro atoms. The minimum absolute atomic E-state index is 0.676. The van der Waals surface area contributed by atoms with E-state index in [2.05, 4.69) is 182 Å². The lowest BCUT2D eigenvalue weighted by molar-refractivity contribution is 0.606. The van der Waals surface area contributed by atoms with Crippen LogP contribution in [0, 0.1) is 0 Å². The van der Waals surface area contributed by atoms with E-state index in [1.807, 2.05) is 6.08 Å². The zero-order chi connectivity index (χ0) is 35.7. The van der Waals surface area contributed by atoms with Gasteiger partial charge in [0.25, 0.3) is 0 Å². The Morgan fingerprint density at radius 1 is 0.642 bits per heavy atom. The normalized spacial score (nSPS) is 13.2. The van der Waals surface area contributed by atoms with Gasteiger partial charge in [0, 0.05) is 22.1 Å². The van der Waals surface area contributed by atoms with Crippen molar-refractivity contribution in [2.24, 2.45) is 0 Å². The molecular weight excluding hydrogens is 645 g/mol. The maximum atomic E-state index is 6.60. The number of fused-ring (bicyclic) bond motifs is 3. The molecule has 8 aromatic rings. The van der Waals surface area contributed by atoms with Gasteiger partial charge in [-0.1, -0.05) is 134 Å². The second-order valence-corrected chi connectivity index (χ2v) is 13.7. The Balaban J connectivity index is 1.16. The molecule has 0 saturated carbocycles. The second-order valence-electron chi connectivity index (χ2n) is 13.7. The molecule has 7 aromatic carbocycles. The Bertz CT molecular complexity index is 2690. The van der Waals surface area contributed by atoms with Gasteiger partial charge in [-0.2, -0.15) is 0 Å². The summed E-state index contributed by atoms with van der Waals surface area (Å²) in [6, 6.07) is 54.6. The van der Waals surface area contributed by atoms with Crippen molar-refractivity contribution in [3.8, 4) is 11.1 Å². The van der Waals surface area contributed by atoms with E-state index in [0.29, 0.717) is 11.4 Å². The maximum absolute atomic E-state index is 6.60. The molecule has 1 aliphatic carbocycles. The molecule has 53 heavy (non-hydrogen) atoms. The summed E-state index contributed by atoms with van der Waals surface area (Å²) in [7, 11) is 0. The summed E-state index contributed by atoms with van der Waals surface area (Å²) in [6.07, 6.45) is 11.8. The van der Waals surface area contributed by atoms with Crippen molar-refractivity contribution >= 4 is 72.5 Å². The van der Waals surface area contributed by atoms with E-state index in [-0.39, 0.29) is 0 Å². The molecule has 1 heterocycles. The van der Waals surface area contributed by atoms with E-state index in [1.54, 1.807) is 0 Å². The van der Waals surface area contributed by atoms with Crippen LogP contribution in [0.4, 0.5) is 22.7 Å². The summed E-state index contributed by atoms with van der Waals surface area (Å²) >= 11 is 0. The molecule has 0 saturated heterocycles. The van der Waals surface area contributed by atoms with Gasteiger partial charge in [-0.15, -0.1) is 0 Å². The number of anilines is 4. The van der Waals surface area contributed by atoms with Crippen LogP contribution in [-0.4, -0.2) is 0 Å². The van der Waals surface area contributed by atoms with Crippen LogP contribution in [0.1, 0.15) is 43.1 Å². The largest absolute Gasteiger partial charge is 0.454 e. The number of allylic oxidation sites excluding steroid dienone is 5. The average molecular weight is 685 g/mol. The minimum atomic E-state index is 0.676. The standard InChI is InChI=1S/C50H40N2O/c1-2-3-22-48-50(51)46-32-40-18-11-21-47(45(40)33-49(46)53-48)52(42-29-25-37(26-30-42)44-20-10-15-36-14-7-8-19-43(36)44)41-27-23-35(24-28-41)39-17-9-16-38(31-39)34-12-5-4-6-13-34/h3-8,10-15,17-33H,2,9,16,51H2,1H3/b22-3-. The average Bonchev–Trinajstić information content (AvgIpc) is 3.53. The van der Waals surface area contributed by atoms with Crippen molar-refractivity contribution in [1.82, 2.24) is 0 Å². The van der Waals surface area contributed by atoms with Gasteiger partial charge in [0.2, 0.25) is 0 Å². The summed E-state index contributed by atoms with van der Waals surface area (Å²) in [5.74, 6) is 0.705. The predicted octanol–water partition coefficient (Wildman–Crippen LogP) is 14.1. The highest BCUT2D eigenvalue weighted by Crippen LogP contribution is 2.43. The summed E-state index contributed by atoms with van der Waals surface area (Å²) in [6.45, 7) is 2.11. The van der Waals surface area contributed by atoms with Gasteiger partial charge in [0.1, 0.15) is 5.58 Å². The van der Waals surface area contributed by atoms with Crippen molar-refractivity contribution in [1.29, 1.82) is 0 Å². The number of furan rings is 1. The molecule has 0 unspecified atom stereocenters. The SMILES string of the molecule is CC/C=C\c1oc2cc3c(N(c4ccc(C5=CCCC(c6ccccc6)=C5)cc4)c4ccc(-c5cccc6ccccc56)cc4)cccc3cc2c1N. The van der Waals surface area contributed by atoms with Gasteiger partial charge in [-0.25, -0.2) is 0 Å². The summed E-state index contributed by atoms with van der Waals surface area (Å²) in [5, 5.41) is 5.62. The van der Waals surface area contributed by atoms with Crippen molar-refractivity contribution in [2.45, 2.75) is 26.2 Å². The molecule has 9 rings (SSSR count). The van der Waals surface area contributed by atoms with Crippen LogP contribution in [0.2, 0.25) is 0 Å². The van der Waals surface area contributed by atoms with Crippen molar-refractivity contribution < 1.29 is 4.42 Å². The van der Waals surface area contributed by atoms with Gasteiger partial charge in [-0.05, 0) is 117 Å². The summed E-state index contributed by atoms with van der Waals surface area (Å²) in [5.41, 5.74) is 18.8. The third kappa shape index (κ3) is 6.11. The topological polar surface area (TPSA) is 42.4 Å². The summed E-state index contributed by atoms with van der Waals surface area (Å²) < 4.78 is 6.34. The van der Waals surface area contributed by atoms with Crippen LogP contribution in [0.15, 0.2) is 174 Å². The molecule has 1 aliphatic rings. The minimum Gasteiger partial charge on any atom is -0.454 e. The number of nitrogens with zero attached hydrogens (tertiary/aromatic N) is 1. The lowest BCUT2D eigenvalue weighted by Crippen LogP contribution is -2.10. The number of benzene rings is 7. The molecule has 3 nitrogen and oxygen atoms in total. The number of rotatable bonds is 8.